The number of carbonyl (C=O) groups excluding carboxylic acids is 1. The molecule has 0 aliphatic carbocycles. The van der Waals surface area contributed by atoms with Crippen molar-refractivity contribution >= 4 is 30.8 Å². The largest absolute Gasteiger partial charge is 0.466 e. The molecule has 1 aromatic heterocycles. The molecule has 1 aromatic carbocycles. The van der Waals surface area contributed by atoms with Crippen molar-refractivity contribution in [3.05, 3.63) is 30.0 Å². The minimum absolute atomic E-state index is 0.649. The van der Waals surface area contributed by atoms with Gasteiger partial charge in [0.15, 0.2) is 0 Å². The molecule has 1 amide bonds. The molecule has 0 spiro atoms. The molecule has 138 valence electrons. The second-order valence-electron chi connectivity index (χ2n) is 5.99. The van der Waals surface area contributed by atoms with Crippen LogP contribution in [0.25, 0.3) is 10.9 Å². The van der Waals surface area contributed by atoms with Gasteiger partial charge in [-0.05, 0) is 56.1 Å². The third kappa shape index (κ3) is 5.95. The van der Waals surface area contributed by atoms with E-state index in [1.165, 1.54) is 36.9 Å². The quantitative estimate of drug-likeness (QED) is 0.415. The van der Waals surface area contributed by atoms with Crippen molar-refractivity contribution in [2.24, 2.45) is 0 Å². The van der Waals surface area contributed by atoms with E-state index in [0.717, 1.165) is 17.7 Å². The van der Waals surface area contributed by atoms with E-state index in [2.05, 4.69) is 34.4 Å². The lowest BCUT2D eigenvalue weighted by Gasteiger charge is -2.30. The Kier molecular flexibility index (Phi) is 6.75. The average Bonchev–Trinajstić information content (AvgIpc) is 2.97. The van der Waals surface area contributed by atoms with Crippen molar-refractivity contribution in [3.63, 3.8) is 0 Å². The summed E-state index contributed by atoms with van der Waals surface area (Å²) in [6, 6.07) is 6.07. The van der Waals surface area contributed by atoms with Crippen LogP contribution in [0.1, 0.15) is 31.2 Å². The molecular formula is C16H24N3O5P. The highest BCUT2D eigenvalue weighted by Crippen LogP contribution is 2.33. The molecule has 1 aliphatic heterocycles. The Morgan fingerprint density at radius 3 is 2.52 bits per heavy atom. The highest BCUT2D eigenvalue weighted by molar-refractivity contribution is 7.45. The van der Waals surface area contributed by atoms with E-state index in [0.29, 0.717) is 12.3 Å². The molecule has 0 radical (unpaired) electrons. The number of benzene rings is 1. The number of piperidine rings is 1. The molecule has 3 rings (SSSR count). The van der Waals surface area contributed by atoms with Crippen molar-refractivity contribution in [3.8, 4) is 0 Å². The molecule has 2 heterocycles. The number of hydrogen-bond donors (Lipinski definition) is 5. The first-order valence-electron chi connectivity index (χ1n) is 8.13. The normalized spacial score (nSPS) is 16.3. The van der Waals surface area contributed by atoms with E-state index in [1.807, 2.05) is 12.1 Å². The van der Waals surface area contributed by atoms with E-state index in [9.17, 15) is 4.79 Å². The van der Waals surface area contributed by atoms with Gasteiger partial charge >= 0.3 is 7.82 Å². The number of anilines is 1. The molecule has 0 bridgehead atoms. The lowest BCUT2D eigenvalue weighted by Crippen LogP contribution is -2.32. The molecule has 1 fully saturated rings. The number of H-pyrrole nitrogens is 1. The Hall–Kier alpha value is -1.70. The van der Waals surface area contributed by atoms with E-state index in [4.69, 9.17) is 19.2 Å². The van der Waals surface area contributed by atoms with Crippen LogP contribution < -0.4 is 5.32 Å². The monoisotopic (exact) mass is 369 g/mol. The van der Waals surface area contributed by atoms with Gasteiger partial charge < -0.3 is 29.9 Å². The van der Waals surface area contributed by atoms with Crippen molar-refractivity contribution in [1.29, 1.82) is 0 Å². The van der Waals surface area contributed by atoms with Crippen LogP contribution in [0.15, 0.2) is 24.4 Å². The summed E-state index contributed by atoms with van der Waals surface area (Å²) in [5.74, 6) is 0.649. The third-order valence-corrected chi connectivity index (χ3v) is 4.41. The van der Waals surface area contributed by atoms with Crippen LogP contribution in [0.3, 0.4) is 0 Å². The van der Waals surface area contributed by atoms with Gasteiger partial charge in [-0.3, -0.25) is 4.79 Å². The average molecular weight is 369 g/mol. The first-order valence-corrected chi connectivity index (χ1v) is 9.70. The second kappa shape index (κ2) is 8.60. The molecule has 0 saturated carbocycles. The molecule has 1 aliphatic rings. The van der Waals surface area contributed by atoms with Gasteiger partial charge in [-0.1, -0.05) is 13.0 Å². The Balaban J connectivity index is 0.000000399. The van der Waals surface area contributed by atoms with E-state index in [1.54, 1.807) is 0 Å². The van der Waals surface area contributed by atoms with Gasteiger partial charge in [-0.25, -0.2) is 4.57 Å². The SMILES string of the molecule is CCN1CCC(c2c[nH]c3cc(NC=O)ccc23)CC1.O=P(O)(O)O. The number of aromatic amines is 1. The highest BCUT2D eigenvalue weighted by atomic mass is 31.2. The number of likely N-dealkylation sites (tertiary alicyclic amines) is 1. The van der Waals surface area contributed by atoms with Crippen molar-refractivity contribution in [1.82, 2.24) is 9.88 Å². The topological polar surface area (TPSA) is 126 Å². The summed E-state index contributed by atoms with van der Waals surface area (Å²) in [4.78, 5) is 37.9. The highest BCUT2D eigenvalue weighted by Gasteiger charge is 2.21. The minimum Gasteiger partial charge on any atom is -0.361 e. The summed E-state index contributed by atoms with van der Waals surface area (Å²) in [5.41, 5.74) is 3.36. The number of nitrogens with one attached hydrogen (secondary N) is 2. The zero-order valence-corrected chi connectivity index (χ0v) is 14.9. The van der Waals surface area contributed by atoms with Crippen LogP contribution in [0.4, 0.5) is 5.69 Å². The number of carbonyl (C=O) groups is 1. The third-order valence-electron chi connectivity index (χ3n) is 4.41. The molecule has 9 heteroatoms. The van der Waals surface area contributed by atoms with Gasteiger partial charge in [0.1, 0.15) is 0 Å². The molecule has 5 N–H and O–H groups in total. The predicted molar refractivity (Wildman–Crippen MR) is 96.3 cm³/mol. The maximum atomic E-state index is 10.5. The Morgan fingerprint density at radius 1 is 1.32 bits per heavy atom. The van der Waals surface area contributed by atoms with Crippen LogP contribution in [-0.2, 0) is 9.36 Å². The summed E-state index contributed by atoms with van der Waals surface area (Å²) in [6.07, 6.45) is 5.32. The van der Waals surface area contributed by atoms with E-state index >= 15 is 0 Å². The fourth-order valence-corrected chi connectivity index (χ4v) is 3.20. The predicted octanol–water partition coefficient (Wildman–Crippen LogP) is 2.01. The lowest BCUT2D eigenvalue weighted by atomic mass is 9.89. The maximum absolute atomic E-state index is 10.5. The number of fused-ring (bicyclic) bond motifs is 1. The fraction of sp³-hybridized carbons (Fsp3) is 0.438. The van der Waals surface area contributed by atoms with Gasteiger partial charge in [0.05, 0.1) is 0 Å². The van der Waals surface area contributed by atoms with E-state index in [-0.39, 0.29) is 0 Å². The molecule has 25 heavy (non-hydrogen) atoms. The fourth-order valence-electron chi connectivity index (χ4n) is 3.20. The van der Waals surface area contributed by atoms with Gasteiger partial charge in [-0.2, -0.15) is 0 Å². The van der Waals surface area contributed by atoms with Gasteiger partial charge in [0.2, 0.25) is 6.41 Å². The summed E-state index contributed by atoms with van der Waals surface area (Å²) in [5, 5.41) is 3.98. The summed E-state index contributed by atoms with van der Waals surface area (Å²) < 4.78 is 8.88. The van der Waals surface area contributed by atoms with E-state index < -0.39 is 7.82 Å². The molecule has 1 saturated heterocycles. The zero-order chi connectivity index (χ0) is 18.4. The first kappa shape index (κ1) is 19.6. The molecule has 0 atom stereocenters. The summed E-state index contributed by atoms with van der Waals surface area (Å²) >= 11 is 0. The smallest absolute Gasteiger partial charge is 0.361 e. The van der Waals surface area contributed by atoms with Crippen molar-refractivity contribution in [2.45, 2.75) is 25.7 Å². The van der Waals surface area contributed by atoms with Crippen LogP contribution in [0, 0.1) is 0 Å². The number of amides is 1. The molecule has 0 unspecified atom stereocenters. The summed E-state index contributed by atoms with van der Waals surface area (Å²) in [7, 11) is -4.64. The van der Waals surface area contributed by atoms with Crippen LogP contribution in [0.5, 0.6) is 0 Å². The maximum Gasteiger partial charge on any atom is 0.466 e. The second-order valence-corrected chi connectivity index (χ2v) is 7.01. The Bertz CT molecular complexity index is 741. The molecular weight excluding hydrogens is 345 g/mol. The van der Waals surface area contributed by atoms with Crippen LogP contribution in [0.2, 0.25) is 0 Å². The van der Waals surface area contributed by atoms with Crippen molar-refractivity contribution in [2.75, 3.05) is 25.0 Å². The minimum atomic E-state index is -4.64. The summed E-state index contributed by atoms with van der Waals surface area (Å²) in [6.45, 7) is 5.77. The van der Waals surface area contributed by atoms with Crippen LogP contribution in [-0.4, -0.2) is 50.6 Å². The van der Waals surface area contributed by atoms with Gasteiger partial charge in [0.25, 0.3) is 0 Å². The lowest BCUT2D eigenvalue weighted by molar-refractivity contribution is -0.105. The molecule has 8 nitrogen and oxygen atoms in total. The number of nitrogens with zero attached hydrogens (tertiary/aromatic N) is 1. The standard InChI is InChI=1S/C16H21N3O.H3O4P/c1-2-19-7-5-12(6-8-19)15-10-17-16-9-13(18-11-20)3-4-14(15)16;1-5(2,3)4/h3-4,9-12,17H,2,5-8H2,1H3,(H,18,20);(H3,1,2,3,4). The molecule has 2 aromatic rings. The number of hydrogen-bond acceptors (Lipinski definition) is 3. The van der Waals surface area contributed by atoms with Crippen molar-refractivity contribution < 1.29 is 24.0 Å². The van der Waals surface area contributed by atoms with Gasteiger partial charge in [-0.15, -0.1) is 0 Å². The zero-order valence-electron chi connectivity index (χ0n) is 14.1. The number of phosphoric acid groups is 1. The number of aromatic nitrogens is 1. The van der Waals surface area contributed by atoms with Crippen LogP contribution >= 0.6 is 7.82 Å². The Morgan fingerprint density at radius 2 is 1.96 bits per heavy atom. The number of rotatable bonds is 4. The van der Waals surface area contributed by atoms with Gasteiger partial charge in [0, 0.05) is 22.8 Å². The first-order chi connectivity index (χ1) is 11.8. The Labute approximate surface area is 146 Å².